The zero-order valence-corrected chi connectivity index (χ0v) is 8.56. The standard InChI is InChI=1S/C8H8F3I/c1-5-2-3-6(4-7(5)12)8(9,10)11/h2-5,7H,1H3. The van der Waals surface area contributed by atoms with E-state index < -0.39 is 11.7 Å². The molecule has 0 radical (unpaired) electrons. The van der Waals surface area contributed by atoms with Gasteiger partial charge in [0.2, 0.25) is 0 Å². The van der Waals surface area contributed by atoms with E-state index in [1.807, 2.05) is 29.5 Å². The Bertz CT molecular complexity index is 227. The molecule has 0 spiro atoms. The molecule has 2 unspecified atom stereocenters. The van der Waals surface area contributed by atoms with Crippen LogP contribution in [0.4, 0.5) is 13.2 Å². The second-order valence-electron chi connectivity index (χ2n) is 2.78. The molecule has 0 N–H and O–H groups in total. The summed E-state index contributed by atoms with van der Waals surface area (Å²) in [5.41, 5.74) is -0.528. The lowest BCUT2D eigenvalue weighted by atomic mass is 9.98. The summed E-state index contributed by atoms with van der Waals surface area (Å²) < 4.78 is 36.3. The Morgan fingerprint density at radius 1 is 1.42 bits per heavy atom. The highest BCUT2D eigenvalue weighted by Gasteiger charge is 2.34. The summed E-state index contributed by atoms with van der Waals surface area (Å²) in [7, 11) is 0. The zero-order valence-electron chi connectivity index (χ0n) is 6.40. The van der Waals surface area contributed by atoms with Crippen LogP contribution in [0.5, 0.6) is 0 Å². The molecule has 0 fully saturated rings. The maximum Gasteiger partial charge on any atom is 0.416 e. The Labute approximate surface area is 82.7 Å². The fraction of sp³-hybridized carbons (Fsp3) is 0.500. The minimum absolute atomic E-state index is 0.0516. The van der Waals surface area contributed by atoms with Crippen LogP contribution in [-0.2, 0) is 0 Å². The first kappa shape index (κ1) is 10.1. The topological polar surface area (TPSA) is 0 Å². The molecule has 0 aromatic rings. The maximum atomic E-state index is 12.1. The van der Waals surface area contributed by atoms with Crippen molar-refractivity contribution in [1.29, 1.82) is 0 Å². The molecule has 4 heteroatoms. The number of hydrogen-bond donors (Lipinski definition) is 0. The Hall–Kier alpha value is -0.000000000000000111. The van der Waals surface area contributed by atoms with Crippen molar-refractivity contribution in [3.63, 3.8) is 0 Å². The first-order valence-corrected chi connectivity index (χ1v) is 4.77. The summed E-state index contributed by atoms with van der Waals surface area (Å²) in [5.74, 6) is 0.191. The monoisotopic (exact) mass is 288 g/mol. The fourth-order valence-corrected chi connectivity index (χ4v) is 1.56. The van der Waals surface area contributed by atoms with Crippen LogP contribution in [0.1, 0.15) is 6.92 Å². The average Bonchev–Trinajstić information content (AvgIpc) is 1.92. The Morgan fingerprint density at radius 3 is 2.42 bits per heavy atom. The smallest absolute Gasteiger partial charge is 0.166 e. The zero-order chi connectivity index (χ0) is 9.35. The molecule has 0 saturated heterocycles. The molecule has 0 aromatic heterocycles. The highest BCUT2D eigenvalue weighted by atomic mass is 127. The van der Waals surface area contributed by atoms with Crippen LogP contribution in [0.25, 0.3) is 0 Å². The quantitative estimate of drug-likeness (QED) is 0.473. The largest absolute Gasteiger partial charge is 0.416 e. The maximum absolute atomic E-state index is 12.1. The van der Waals surface area contributed by atoms with E-state index >= 15 is 0 Å². The summed E-state index contributed by atoms with van der Waals surface area (Å²) in [6, 6.07) is 0. The van der Waals surface area contributed by atoms with E-state index in [1.165, 1.54) is 6.08 Å². The van der Waals surface area contributed by atoms with E-state index in [0.29, 0.717) is 0 Å². The van der Waals surface area contributed by atoms with Gasteiger partial charge in [0.15, 0.2) is 0 Å². The summed E-state index contributed by atoms with van der Waals surface area (Å²) >= 11 is 2.01. The van der Waals surface area contributed by atoms with Crippen LogP contribution in [0, 0.1) is 5.92 Å². The number of allylic oxidation sites excluding steroid dienone is 4. The number of alkyl halides is 4. The molecule has 1 aliphatic carbocycles. The van der Waals surface area contributed by atoms with Crippen molar-refractivity contribution >= 4 is 22.6 Å². The van der Waals surface area contributed by atoms with Gasteiger partial charge in [0.1, 0.15) is 0 Å². The predicted molar refractivity (Wildman–Crippen MR) is 50.3 cm³/mol. The molecular weight excluding hydrogens is 280 g/mol. The van der Waals surface area contributed by atoms with Gasteiger partial charge >= 0.3 is 6.18 Å². The minimum Gasteiger partial charge on any atom is -0.166 e. The fourth-order valence-electron chi connectivity index (χ4n) is 0.929. The van der Waals surface area contributed by atoms with Crippen molar-refractivity contribution in [2.24, 2.45) is 5.92 Å². The van der Waals surface area contributed by atoms with Gasteiger partial charge in [-0.3, -0.25) is 0 Å². The molecule has 2 atom stereocenters. The summed E-state index contributed by atoms with van der Waals surface area (Å²) in [4.78, 5) is 0. The molecule has 1 rings (SSSR count). The van der Waals surface area contributed by atoms with Crippen LogP contribution in [0.3, 0.4) is 0 Å². The van der Waals surface area contributed by atoms with Crippen molar-refractivity contribution in [1.82, 2.24) is 0 Å². The first-order chi connectivity index (χ1) is 5.41. The van der Waals surface area contributed by atoms with Gasteiger partial charge in [-0.25, -0.2) is 0 Å². The van der Waals surface area contributed by atoms with Crippen LogP contribution in [0.2, 0.25) is 0 Å². The van der Waals surface area contributed by atoms with E-state index in [0.717, 1.165) is 6.08 Å². The van der Waals surface area contributed by atoms with Crippen molar-refractivity contribution < 1.29 is 13.2 Å². The Kier molecular flexibility index (Phi) is 2.85. The van der Waals surface area contributed by atoms with Crippen molar-refractivity contribution in [3.8, 4) is 0 Å². The van der Waals surface area contributed by atoms with Gasteiger partial charge < -0.3 is 0 Å². The van der Waals surface area contributed by atoms with Crippen molar-refractivity contribution in [2.45, 2.75) is 17.0 Å². The molecule has 0 saturated carbocycles. The van der Waals surface area contributed by atoms with Gasteiger partial charge in [-0.1, -0.05) is 47.7 Å². The third-order valence-corrected chi connectivity index (χ3v) is 3.24. The minimum atomic E-state index is -4.19. The molecule has 0 heterocycles. The summed E-state index contributed by atoms with van der Waals surface area (Å²) in [6.07, 6.45) is -0.176. The van der Waals surface area contributed by atoms with Crippen LogP contribution in [0.15, 0.2) is 23.8 Å². The van der Waals surface area contributed by atoms with Gasteiger partial charge in [-0.05, 0) is 5.92 Å². The highest BCUT2D eigenvalue weighted by Crippen LogP contribution is 2.33. The second kappa shape index (κ2) is 3.40. The van der Waals surface area contributed by atoms with E-state index in [9.17, 15) is 13.2 Å². The molecular formula is C8H8F3I. The molecule has 68 valence electrons. The van der Waals surface area contributed by atoms with Crippen molar-refractivity contribution in [2.75, 3.05) is 0 Å². The normalized spacial score (nSPS) is 30.2. The molecule has 0 nitrogen and oxygen atoms in total. The Morgan fingerprint density at radius 2 is 2.00 bits per heavy atom. The number of halogens is 4. The van der Waals surface area contributed by atoms with Gasteiger partial charge in [0, 0.05) is 3.92 Å². The van der Waals surface area contributed by atoms with E-state index in [-0.39, 0.29) is 9.84 Å². The van der Waals surface area contributed by atoms with E-state index in [4.69, 9.17) is 0 Å². The van der Waals surface area contributed by atoms with Gasteiger partial charge in [-0.2, -0.15) is 13.2 Å². The Balaban J connectivity index is 2.84. The number of hydrogen-bond acceptors (Lipinski definition) is 0. The second-order valence-corrected chi connectivity index (χ2v) is 4.22. The lowest BCUT2D eigenvalue weighted by molar-refractivity contribution is -0.0886. The van der Waals surface area contributed by atoms with Crippen LogP contribution in [-0.4, -0.2) is 10.1 Å². The molecule has 0 aromatic carbocycles. The summed E-state index contributed by atoms with van der Waals surface area (Å²) in [5, 5.41) is 0. The van der Waals surface area contributed by atoms with Gasteiger partial charge in [0.05, 0.1) is 5.57 Å². The highest BCUT2D eigenvalue weighted by molar-refractivity contribution is 14.1. The van der Waals surface area contributed by atoms with Crippen LogP contribution >= 0.6 is 22.6 Å². The summed E-state index contributed by atoms with van der Waals surface area (Å²) in [6.45, 7) is 1.90. The molecule has 0 aliphatic heterocycles. The third-order valence-electron chi connectivity index (χ3n) is 1.75. The first-order valence-electron chi connectivity index (χ1n) is 3.52. The average molecular weight is 288 g/mol. The number of rotatable bonds is 0. The van der Waals surface area contributed by atoms with Crippen molar-refractivity contribution in [3.05, 3.63) is 23.8 Å². The molecule has 0 bridgehead atoms. The lowest BCUT2D eigenvalue weighted by Gasteiger charge is -2.18. The van der Waals surface area contributed by atoms with Gasteiger partial charge in [0.25, 0.3) is 0 Å². The SMILES string of the molecule is CC1C=CC(C(F)(F)F)=CC1I. The predicted octanol–water partition coefficient (Wildman–Crippen LogP) is 3.48. The van der Waals surface area contributed by atoms with Crippen LogP contribution < -0.4 is 0 Å². The lowest BCUT2D eigenvalue weighted by Crippen LogP contribution is -2.17. The molecule has 0 amide bonds. The third kappa shape index (κ3) is 2.24. The molecule has 1 aliphatic rings. The van der Waals surface area contributed by atoms with Gasteiger partial charge in [-0.15, -0.1) is 0 Å². The van der Waals surface area contributed by atoms with E-state index in [1.54, 1.807) is 6.08 Å². The van der Waals surface area contributed by atoms with E-state index in [2.05, 4.69) is 0 Å². The molecule has 12 heavy (non-hydrogen) atoms.